The van der Waals surface area contributed by atoms with E-state index in [9.17, 15) is 14.0 Å². The summed E-state index contributed by atoms with van der Waals surface area (Å²) in [6, 6.07) is 6.15. The SMILES string of the molecule is COCCN1CC2(CCN(C(=O)c3ccccc3F)CC2)C2(CCN(C)C2=O)C1. The fourth-order valence-electron chi connectivity index (χ4n) is 5.71. The molecule has 0 bridgehead atoms. The van der Waals surface area contributed by atoms with Crippen molar-refractivity contribution in [1.82, 2.24) is 14.7 Å². The summed E-state index contributed by atoms with van der Waals surface area (Å²) < 4.78 is 19.3. The molecule has 158 valence electrons. The maximum atomic E-state index is 14.1. The van der Waals surface area contributed by atoms with Crippen molar-refractivity contribution in [1.29, 1.82) is 0 Å². The number of likely N-dealkylation sites (tertiary alicyclic amines) is 3. The van der Waals surface area contributed by atoms with Crippen LogP contribution in [0.1, 0.15) is 29.6 Å². The van der Waals surface area contributed by atoms with Gasteiger partial charge in [-0.3, -0.25) is 14.5 Å². The normalized spacial score (nSPS) is 26.8. The Morgan fingerprint density at radius 3 is 2.48 bits per heavy atom. The minimum atomic E-state index is -0.478. The largest absolute Gasteiger partial charge is 0.383 e. The van der Waals surface area contributed by atoms with Gasteiger partial charge in [0.1, 0.15) is 5.82 Å². The molecule has 0 aromatic heterocycles. The standard InChI is InChI=1S/C22H30FN3O3/c1-24-10-9-22(20(24)28)16-25(13-14-29-2)15-21(22)7-11-26(12-8-21)19(27)17-5-3-4-6-18(17)23/h3-6H,7-16H2,1-2H3. The van der Waals surface area contributed by atoms with Gasteiger partial charge in [-0.15, -0.1) is 0 Å². The molecule has 0 radical (unpaired) electrons. The number of methoxy groups -OCH3 is 1. The second-order valence-corrected chi connectivity index (χ2v) is 8.81. The van der Waals surface area contributed by atoms with Crippen LogP contribution in [0.2, 0.25) is 0 Å². The Balaban J connectivity index is 1.54. The third-order valence-corrected chi connectivity index (χ3v) is 7.39. The molecule has 7 heteroatoms. The lowest BCUT2D eigenvalue weighted by atomic mass is 9.60. The van der Waals surface area contributed by atoms with Gasteiger partial charge < -0.3 is 14.5 Å². The molecule has 1 aromatic carbocycles. The maximum Gasteiger partial charge on any atom is 0.256 e. The van der Waals surface area contributed by atoms with Crippen LogP contribution >= 0.6 is 0 Å². The van der Waals surface area contributed by atoms with Gasteiger partial charge >= 0.3 is 0 Å². The molecule has 2 amide bonds. The summed E-state index contributed by atoms with van der Waals surface area (Å²) in [5, 5.41) is 0. The van der Waals surface area contributed by atoms with Crippen LogP contribution in [0.5, 0.6) is 0 Å². The molecule has 3 heterocycles. The first-order valence-corrected chi connectivity index (χ1v) is 10.4. The first-order chi connectivity index (χ1) is 13.9. The van der Waals surface area contributed by atoms with Gasteiger partial charge in [-0.05, 0) is 31.4 Å². The predicted molar refractivity (Wildman–Crippen MR) is 107 cm³/mol. The van der Waals surface area contributed by atoms with E-state index in [0.717, 1.165) is 45.4 Å². The Morgan fingerprint density at radius 1 is 1.14 bits per heavy atom. The third-order valence-electron chi connectivity index (χ3n) is 7.39. The molecular weight excluding hydrogens is 373 g/mol. The van der Waals surface area contributed by atoms with Crippen molar-refractivity contribution in [3.8, 4) is 0 Å². The molecule has 3 aliphatic heterocycles. The molecule has 6 nitrogen and oxygen atoms in total. The van der Waals surface area contributed by atoms with Gasteiger partial charge in [-0.2, -0.15) is 0 Å². The van der Waals surface area contributed by atoms with E-state index >= 15 is 0 Å². The quantitative estimate of drug-likeness (QED) is 0.770. The van der Waals surface area contributed by atoms with Crippen molar-refractivity contribution in [2.24, 2.45) is 10.8 Å². The van der Waals surface area contributed by atoms with Crippen LogP contribution in [0.15, 0.2) is 24.3 Å². The number of carbonyl (C=O) groups excluding carboxylic acids is 2. The first kappa shape index (κ1) is 20.3. The number of hydrogen-bond acceptors (Lipinski definition) is 4. The van der Waals surface area contributed by atoms with E-state index in [1.807, 2.05) is 11.9 Å². The number of fused-ring (bicyclic) bond motifs is 1. The second-order valence-electron chi connectivity index (χ2n) is 8.81. The number of nitrogens with zero attached hydrogens (tertiary/aromatic N) is 3. The Hall–Kier alpha value is -1.99. The smallest absolute Gasteiger partial charge is 0.256 e. The second kappa shape index (κ2) is 7.69. The molecule has 2 spiro atoms. The molecule has 4 rings (SSSR count). The first-order valence-electron chi connectivity index (χ1n) is 10.4. The van der Waals surface area contributed by atoms with Crippen LogP contribution in [0.25, 0.3) is 0 Å². The molecule has 0 N–H and O–H groups in total. The van der Waals surface area contributed by atoms with Gasteiger partial charge in [0.2, 0.25) is 5.91 Å². The number of carbonyl (C=O) groups is 2. The molecule has 3 saturated heterocycles. The molecule has 0 saturated carbocycles. The number of halogens is 1. The maximum absolute atomic E-state index is 14.1. The van der Waals surface area contributed by atoms with Gasteiger partial charge in [0, 0.05) is 58.8 Å². The lowest BCUT2D eigenvalue weighted by Gasteiger charge is -2.47. The van der Waals surface area contributed by atoms with Crippen LogP contribution in [0, 0.1) is 16.6 Å². The summed E-state index contributed by atoms with van der Waals surface area (Å²) in [6.07, 6.45) is 2.42. The fraction of sp³-hybridized carbons (Fsp3) is 0.636. The molecule has 3 fully saturated rings. The van der Waals surface area contributed by atoms with Gasteiger partial charge in [0.15, 0.2) is 0 Å². The van der Waals surface area contributed by atoms with E-state index in [2.05, 4.69) is 4.90 Å². The zero-order chi connectivity index (χ0) is 20.6. The van der Waals surface area contributed by atoms with Crippen molar-refractivity contribution in [3.63, 3.8) is 0 Å². The highest BCUT2D eigenvalue weighted by atomic mass is 19.1. The molecule has 1 unspecified atom stereocenters. The summed E-state index contributed by atoms with van der Waals surface area (Å²) in [4.78, 5) is 32.0. The monoisotopic (exact) mass is 403 g/mol. The highest BCUT2D eigenvalue weighted by molar-refractivity contribution is 5.94. The predicted octanol–water partition coefficient (Wildman–Crippen LogP) is 1.86. The summed E-state index contributed by atoms with van der Waals surface area (Å²) in [5.41, 5.74) is -0.375. The molecule has 1 atom stereocenters. The van der Waals surface area contributed by atoms with E-state index in [1.54, 1.807) is 30.2 Å². The molecule has 1 aromatic rings. The van der Waals surface area contributed by atoms with Crippen molar-refractivity contribution in [2.45, 2.75) is 19.3 Å². The van der Waals surface area contributed by atoms with E-state index < -0.39 is 5.82 Å². The van der Waals surface area contributed by atoms with Gasteiger partial charge in [-0.25, -0.2) is 4.39 Å². The van der Waals surface area contributed by atoms with Gasteiger partial charge in [0.05, 0.1) is 17.6 Å². The van der Waals surface area contributed by atoms with Gasteiger partial charge in [-0.1, -0.05) is 12.1 Å². The summed E-state index contributed by atoms with van der Waals surface area (Å²) in [7, 11) is 3.59. The van der Waals surface area contributed by atoms with Crippen LogP contribution in [0.4, 0.5) is 4.39 Å². The highest BCUT2D eigenvalue weighted by Gasteiger charge is 2.64. The zero-order valence-electron chi connectivity index (χ0n) is 17.3. The molecule has 3 aliphatic rings. The van der Waals surface area contributed by atoms with Crippen molar-refractivity contribution >= 4 is 11.8 Å². The highest BCUT2D eigenvalue weighted by Crippen LogP contribution is 2.57. The lowest BCUT2D eigenvalue weighted by molar-refractivity contribution is -0.141. The van der Waals surface area contributed by atoms with Crippen molar-refractivity contribution < 1.29 is 18.7 Å². The van der Waals surface area contributed by atoms with Crippen molar-refractivity contribution in [3.05, 3.63) is 35.6 Å². The zero-order valence-corrected chi connectivity index (χ0v) is 17.3. The number of benzene rings is 1. The number of rotatable bonds is 4. The van der Waals surface area contributed by atoms with E-state index in [1.165, 1.54) is 6.07 Å². The summed E-state index contributed by atoms with van der Waals surface area (Å²) >= 11 is 0. The minimum absolute atomic E-state index is 0.128. The number of hydrogen-bond donors (Lipinski definition) is 0. The molecule has 0 aliphatic carbocycles. The van der Waals surface area contributed by atoms with Gasteiger partial charge in [0.25, 0.3) is 5.91 Å². The van der Waals surface area contributed by atoms with Crippen LogP contribution in [0.3, 0.4) is 0 Å². The number of ether oxygens (including phenoxy) is 1. The van der Waals surface area contributed by atoms with Crippen LogP contribution < -0.4 is 0 Å². The van der Waals surface area contributed by atoms with Crippen LogP contribution in [-0.2, 0) is 9.53 Å². The molecule has 29 heavy (non-hydrogen) atoms. The Bertz CT molecular complexity index is 793. The molecular formula is C22H30FN3O3. The number of amides is 2. The van der Waals surface area contributed by atoms with Crippen molar-refractivity contribution in [2.75, 3.05) is 60.0 Å². The fourth-order valence-corrected chi connectivity index (χ4v) is 5.71. The van der Waals surface area contributed by atoms with Crippen LogP contribution in [-0.4, -0.2) is 86.5 Å². The topological polar surface area (TPSA) is 53.1 Å². The summed E-state index contributed by atoms with van der Waals surface area (Å²) in [6.45, 7) is 4.99. The average molecular weight is 403 g/mol. The van der Waals surface area contributed by atoms with E-state index in [0.29, 0.717) is 19.7 Å². The third kappa shape index (κ3) is 3.24. The Labute approximate surface area is 171 Å². The minimum Gasteiger partial charge on any atom is -0.383 e. The Morgan fingerprint density at radius 2 is 1.86 bits per heavy atom. The Kier molecular flexibility index (Phi) is 5.38. The lowest BCUT2D eigenvalue weighted by Crippen LogP contribution is -2.53. The van der Waals surface area contributed by atoms with E-state index in [4.69, 9.17) is 4.74 Å². The summed E-state index contributed by atoms with van der Waals surface area (Å²) in [5.74, 6) is -0.490. The average Bonchev–Trinajstić information content (AvgIpc) is 3.19. The number of piperidine rings is 1. The van der Waals surface area contributed by atoms with E-state index in [-0.39, 0.29) is 28.2 Å².